The minimum absolute atomic E-state index is 0.0348. The molecule has 200 valence electrons. The number of rotatable bonds is 10. The molecule has 2 aromatic carbocycles. The minimum Gasteiger partial charge on any atom is -0.340 e. The first-order chi connectivity index (χ1) is 18.5. The van der Waals surface area contributed by atoms with Gasteiger partial charge in [0, 0.05) is 43.7 Å². The first-order valence-electron chi connectivity index (χ1n) is 13.1. The van der Waals surface area contributed by atoms with E-state index in [9.17, 15) is 14.0 Å². The number of piperazine rings is 1. The molecule has 2 heterocycles. The third-order valence-corrected chi connectivity index (χ3v) is 7.33. The van der Waals surface area contributed by atoms with Gasteiger partial charge in [0.1, 0.15) is 18.2 Å². The van der Waals surface area contributed by atoms with Gasteiger partial charge in [-0.25, -0.2) is 9.07 Å². The van der Waals surface area contributed by atoms with Crippen LogP contribution < -0.4 is 10.6 Å². The highest BCUT2D eigenvalue weighted by atomic mass is 19.1. The van der Waals surface area contributed by atoms with Gasteiger partial charge in [-0.15, -0.1) is 5.10 Å². The van der Waals surface area contributed by atoms with E-state index in [1.165, 1.54) is 23.1 Å². The first-order valence-corrected chi connectivity index (χ1v) is 13.1. The summed E-state index contributed by atoms with van der Waals surface area (Å²) < 4.78 is 14.7. The maximum atomic E-state index is 13.4. The SMILES string of the molecule is CN1CCN(C(=O)[C@H](CCCN[C@@H]2C[C@H]2c2ccc(F)cc2)NC(=O)c2ccc(-n3cnnn3)cc2)CC1. The number of hydrogen-bond donors (Lipinski definition) is 2. The van der Waals surface area contributed by atoms with Crippen LogP contribution in [0, 0.1) is 5.82 Å². The summed E-state index contributed by atoms with van der Waals surface area (Å²) in [5.41, 5.74) is 2.35. The van der Waals surface area contributed by atoms with E-state index in [1.807, 2.05) is 24.1 Å². The molecule has 3 atom stereocenters. The lowest BCUT2D eigenvalue weighted by molar-refractivity contribution is -0.135. The lowest BCUT2D eigenvalue weighted by Crippen LogP contribution is -2.54. The van der Waals surface area contributed by atoms with Gasteiger partial charge >= 0.3 is 0 Å². The van der Waals surface area contributed by atoms with Crippen LogP contribution in [-0.4, -0.2) is 93.7 Å². The molecule has 10 nitrogen and oxygen atoms in total. The first kappa shape index (κ1) is 25.9. The van der Waals surface area contributed by atoms with Gasteiger partial charge in [-0.1, -0.05) is 12.1 Å². The molecule has 38 heavy (non-hydrogen) atoms. The normalized spacial score (nSPS) is 20.2. The van der Waals surface area contributed by atoms with Crippen LogP contribution in [0.4, 0.5) is 4.39 Å². The molecule has 0 unspecified atom stereocenters. The molecule has 1 saturated carbocycles. The van der Waals surface area contributed by atoms with Crippen LogP contribution in [0.3, 0.4) is 0 Å². The van der Waals surface area contributed by atoms with Crippen LogP contribution in [0.1, 0.15) is 41.1 Å². The summed E-state index contributed by atoms with van der Waals surface area (Å²) in [6.07, 6.45) is 3.79. The molecule has 2 aliphatic rings. The number of halogens is 1. The smallest absolute Gasteiger partial charge is 0.251 e. The Kier molecular flexibility index (Phi) is 8.04. The van der Waals surface area contributed by atoms with E-state index in [0.29, 0.717) is 37.0 Å². The molecule has 2 fully saturated rings. The molecule has 1 aliphatic heterocycles. The second kappa shape index (κ2) is 11.8. The van der Waals surface area contributed by atoms with Crippen LogP contribution in [0.15, 0.2) is 54.9 Å². The Balaban J connectivity index is 1.16. The number of carbonyl (C=O) groups is 2. The summed E-state index contributed by atoms with van der Waals surface area (Å²) in [4.78, 5) is 30.5. The second-order valence-corrected chi connectivity index (χ2v) is 10.1. The molecule has 11 heteroatoms. The fourth-order valence-corrected chi connectivity index (χ4v) is 4.88. The number of hydrogen-bond acceptors (Lipinski definition) is 7. The van der Waals surface area contributed by atoms with Gasteiger partial charge in [0.2, 0.25) is 5.91 Å². The molecular formula is C27H33FN8O2. The number of nitrogens with zero attached hydrogens (tertiary/aromatic N) is 6. The number of likely N-dealkylation sites (N-methyl/N-ethyl adjacent to an activating group) is 1. The van der Waals surface area contributed by atoms with Crippen molar-refractivity contribution in [1.82, 2.24) is 40.6 Å². The Bertz CT molecular complexity index is 1210. The highest BCUT2D eigenvalue weighted by Gasteiger charge is 2.37. The van der Waals surface area contributed by atoms with Crippen molar-refractivity contribution in [2.45, 2.75) is 37.3 Å². The second-order valence-electron chi connectivity index (χ2n) is 10.1. The van der Waals surface area contributed by atoms with Gasteiger partial charge in [-0.05, 0) is 85.2 Å². The molecule has 3 aromatic rings. The zero-order valence-corrected chi connectivity index (χ0v) is 21.5. The van der Waals surface area contributed by atoms with Gasteiger partial charge in [0.15, 0.2) is 0 Å². The van der Waals surface area contributed by atoms with Crippen molar-refractivity contribution in [2.24, 2.45) is 0 Å². The third-order valence-electron chi connectivity index (χ3n) is 7.33. The number of carbonyl (C=O) groups excluding carboxylic acids is 2. The Hall–Kier alpha value is -3.70. The van der Waals surface area contributed by atoms with Gasteiger partial charge < -0.3 is 20.4 Å². The summed E-state index contributed by atoms with van der Waals surface area (Å²) in [7, 11) is 2.04. The van der Waals surface area contributed by atoms with Crippen LogP contribution >= 0.6 is 0 Å². The maximum absolute atomic E-state index is 13.4. The van der Waals surface area contributed by atoms with Crippen LogP contribution in [0.25, 0.3) is 5.69 Å². The maximum Gasteiger partial charge on any atom is 0.251 e. The average Bonchev–Trinajstić information content (AvgIpc) is 3.49. The topological polar surface area (TPSA) is 108 Å². The molecule has 1 aromatic heterocycles. The Morgan fingerprint density at radius 2 is 1.79 bits per heavy atom. The van der Waals surface area contributed by atoms with Gasteiger partial charge in [0.25, 0.3) is 5.91 Å². The van der Waals surface area contributed by atoms with E-state index >= 15 is 0 Å². The Labute approximate surface area is 221 Å². The Morgan fingerprint density at radius 1 is 1.05 bits per heavy atom. The van der Waals surface area contributed by atoms with E-state index < -0.39 is 6.04 Å². The van der Waals surface area contributed by atoms with E-state index in [2.05, 4.69) is 31.1 Å². The van der Waals surface area contributed by atoms with Crippen molar-refractivity contribution in [2.75, 3.05) is 39.8 Å². The van der Waals surface area contributed by atoms with Crippen molar-refractivity contribution < 1.29 is 14.0 Å². The predicted octanol–water partition coefficient (Wildman–Crippen LogP) is 1.60. The van der Waals surface area contributed by atoms with Crippen molar-refractivity contribution in [3.8, 4) is 5.69 Å². The highest BCUT2D eigenvalue weighted by molar-refractivity contribution is 5.97. The zero-order valence-electron chi connectivity index (χ0n) is 21.5. The van der Waals surface area contributed by atoms with E-state index in [0.717, 1.165) is 43.7 Å². The van der Waals surface area contributed by atoms with E-state index in [1.54, 1.807) is 24.3 Å². The molecule has 2 amide bonds. The van der Waals surface area contributed by atoms with Gasteiger partial charge in [-0.3, -0.25) is 9.59 Å². The van der Waals surface area contributed by atoms with Crippen LogP contribution in [-0.2, 0) is 4.79 Å². The third kappa shape index (κ3) is 6.40. The molecule has 0 spiro atoms. The van der Waals surface area contributed by atoms with Gasteiger partial charge in [0.05, 0.1) is 5.69 Å². The number of benzene rings is 2. The molecule has 0 bridgehead atoms. The number of tetrazole rings is 1. The average molecular weight is 521 g/mol. The fraction of sp³-hybridized carbons (Fsp3) is 0.444. The van der Waals surface area contributed by atoms with E-state index in [4.69, 9.17) is 0 Å². The quantitative estimate of drug-likeness (QED) is 0.391. The highest BCUT2D eigenvalue weighted by Crippen LogP contribution is 2.40. The molecule has 1 saturated heterocycles. The van der Waals surface area contributed by atoms with Crippen LogP contribution in [0.5, 0.6) is 0 Å². The fourth-order valence-electron chi connectivity index (χ4n) is 4.88. The molecular weight excluding hydrogens is 487 g/mol. The monoisotopic (exact) mass is 520 g/mol. The Morgan fingerprint density at radius 3 is 2.47 bits per heavy atom. The lowest BCUT2D eigenvalue weighted by atomic mass is 10.1. The van der Waals surface area contributed by atoms with Crippen molar-refractivity contribution >= 4 is 11.8 Å². The summed E-state index contributed by atoms with van der Waals surface area (Å²) >= 11 is 0. The standard InChI is InChI=1S/C27H33FN8O2/c1-34-13-15-35(16-14-34)27(38)24(3-2-12-29-25-17-23(25)19-4-8-21(28)9-5-19)31-26(37)20-6-10-22(11-7-20)36-18-30-32-33-36/h4-11,18,23-25,29H,2-3,12-17H2,1H3,(H,31,37)/t23-,24-,25+/m0/s1. The van der Waals surface area contributed by atoms with E-state index in [-0.39, 0.29) is 17.6 Å². The number of amides is 2. The van der Waals surface area contributed by atoms with Gasteiger partial charge in [-0.2, -0.15) is 0 Å². The minimum atomic E-state index is -0.598. The van der Waals surface area contributed by atoms with Crippen molar-refractivity contribution in [1.29, 1.82) is 0 Å². The zero-order chi connectivity index (χ0) is 26.5. The lowest BCUT2D eigenvalue weighted by Gasteiger charge is -2.34. The molecule has 2 N–H and O–H groups in total. The van der Waals surface area contributed by atoms with Crippen molar-refractivity contribution in [3.05, 3.63) is 71.8 Å². The summed E-state index contributed by atoms with van der Waals surface area (Å²) in [5, 5.41) is 17.6. The molecule has 1 aliphatic carbocycles. The summed E-state index contributed by atoms with van der Waals surface area (Å²) in [6, 6.07) is 13.4. The predicted molar refractivity (Wildman–Crippen MR) is 139 cm³/mol. The van der Waals surface area contributed by atoms with Crippen LogP contribution in [0.2, 0.25) is 0 Å². The summed E-state index contributed by atoms with van der Waals surface area (Å²) in [5.74, 6) is -0.144. The summed E-state index contributed by atoms with van der Waals surface area (Å²) in [6.45, 7) is 3.69. The number of nitrogens with one attached hydrogen (secondary N) is 2. The molecule has 0 radical (unpaired) electrons. The van der Waals surface area contributed by atoms with Crippen molar-refractivity contribution in [3.63, 3.8) is 0 Å². The molecule has 5 rings (SSSR count). The largest absolute Gasteiger partial charge is 0.340 e. The number of aromatic nitrogens is 4.